The number of hydrogen-bond acceptors (Lipinski definition) is 6. The molecule has 7 nitrogen and oxygen atoms in total. The number of rotatable bonds is 4. The van der Waals surface area contributed by atoms with Crippen LogP contribution < -0.4 is 4.74 Å². The molecule has 0 bridgehead atoms. The molecular formula is C19H22N4O3. The van der Waals surface area contributed by atoms with Crippen molar-refractivity contribution in [3.8, 4) is 5.75 Å². The quantitative estimate of drug-likeness (QED) is 0.835. The Bertz CT molecular complexity index is 733. The maximum absolute atomic E-state index is 12.5. The van der Waals surface area contributed by atoms with Crippen molar-refractivity contribution in [1.29, 1.82) is 0 Å². The van der Waals surface area contributed by atoms with Crippen LogP contribution in [0, 0.1) is 5.41 Å². The zero-order valence-electron chi connectivity index (χ0n) is 14.6. The summed E-state index contributed by atoms with van der Waals surface area (Å²) in [6.45, 7) is 2.71. The molecule has 0 aromatic carbocycles. The van der Waals surface area contributed by atoms with Crippen LogP contribution in [0.15, 0.2) is 43.0 Å². The highest BCUT2D eigenvalue weighted by Crippen LogP contribution is 2.42. The van der Waals surface area contributed by atoms with Crippen molar-refractivity contribution in [2.75, 3.05) is 26.3 Å². The first-order chi connectivity index (χ1) is 12.7. The second-order valence-corrected chi connectivity index (χ2v) is 7.00. The molecule has 0 aliphatic carbocycles. The summed E-state index contributed by atoms with van der Waals surface area (Å²) in [6, 6.07) is 5.47. The van der Waals surface area contributed by atoms with Crippen LogP contribution in [0.3, 0.4) is 0 Å². The van der Waals surface area contributed by atoms with E-state index in [-0.39, 0.29) is 23.3 Å². The summed E-state index contributed by atoms with van der Waals surface area (Å²) in [5, 5.41) is 0. The third-order valence-electron chi connectivity index (χ3n) is 5.22. The first-order valence-corrected chi connectivity index (χ1v) is 8.95. The zero-order chi connectivity index (χ0) is 17.8. The molecule has 2 aliphatic rings. The average Bonchev–Trinajstić information content (AvgIpc) is 3.10. The van der Waals surface area contributed by atoms with Crippen LogP contribution in [0.4, 0.5) is 0 Å². The number of pyridine rings is 1. The first-order valence-electron chi connectivity index (χ1n) is 8.95. The van der Waals surface area contributed by atoms with E-state index in [2.05, 4.69) is 15.0 Å². The number of piperidine rings is 1. The van der Waals surface area contributed by atoms with Gasteiger partial charge in [-0.25, -0.2) is 9.97 Å². The number of hydrogen-bond donors (Lipinski definition) is 0. The van der Waals surface area contributed by atoms with Gasteiger partial charge in [0.25, 0.3) is 5.91 Å². The van der Waals surface area contributed by atoms with E-state index >= 15 is 0 Å². The van der Waals surface area contributed by atoms with E-state index in [0.29, 0.717) is 6.61 Å². The van der Waals surface area contributed by atoms with Crippen molar-refractivity contribution in [2.24, 2.45) is 5.41 Å². The highest BCUT2D eigenvalue weighted by molar-refractivity contribution is 5.90. The molecule has 0 N–H and O–H groups in total. The molecule has 0 unspecified atom stereocenters. The lowest BCUT2D eigenvalue weighted by Crippen LogP contribution is -2.44. The Morgan fingerprint density at radius 3 is 2.77 bits per heavy atom. The van der Waals surface area contributed by atoms with Crippen molar-refractivity contribution in [3.63, 3.8) is 0 Å². The molecule has 2 fully saturated rings. The van der Waals surface area contributed by atoms with Gasteiger partial charge < -0.3 is 14.4 Å². The average molecular weight is 354 g/mol. The maximum atomic E-state index is 12.5. The number of aromatic nitrogens is 3. The summed E-state index contributed by atoms with van der Waals surface area (Å²) in [7, 11) is 0. The molecule has 0 saturated carbocycles. The molecule has 2 aromatic rings. The van der Waals surface area contributed by atoms with Gasteiger partial charge >= 0.3 is 0 Å². The van der Waals surface area contributed by atoms with Crippen LogP contribution in [0.1, 0.15) is 29.9 Å². The van der Waals surface area contributed by atoms with Gasteiger partial charge in [0.15, 0.2) is 0 Å². The standard InChI is InChI=1S/C19H22N4O3/c24-18(17-21-7-2-8-22-17)23-9-4-19(5-10-23)11-16(26-14-19)13-25-15-3-1-6-20-12-15/h1-3,6-8,12,16H,4-5,9-11,13-14H2/t16-/m1/s1. The predicted octanol–water partition coefficient (Wildman–Crippen LogP) is 1.96. The molecule has 1 amide bonds. The number of carbonyl (C=O) groups excluding carboxylic acids is 1. The van der Waals surface area contributed by atoms with E-state index in [9.17, 15) is 4.79 Å². The molecule has 2 saturated heterocycles. The Labute approximate surface area is 152 Å². The number of amides is 1. The fourth-order valence-electron chi connectivity index (χ4n) is 3.71. The van der Waals surface area contributed by atoms with Crippen LogP contribution in [0.5, 0.6) is 5.75 Å². The molecular weight excluding hydrogens is 332 g/mol. The smallest absolute Gasteiger partial charge is 0.291 e. The Morgan fingerprint density at radius 2 is 2.04 bits per heavy atom. The second-order valence-electron chi connectivity index (χ2n) is 7.00. The van der Waals surface area contributed by atoms with Gasteiger partial charge in [0, 0.05) is 31.7 Å². The summed E-state index contributed by atoms with van der Waals surface area (Å²) < 4.78 is 11.7. The van der Waals surface area contributed by atoms with Crippen molar-refractivity contribution >= 4 is 5.91 Å². The van der Waals surface area contributed by atoms with Crippen molar-refractivity contribution in [3.05, 3.63) is 48.8 Å². The lowest BCUT2D eigenvalue weighted by molar-refractivity contribution is 0.0422. The van der Waals surface area contributed by atoms with Gasteiger partial charge in [0.05, 0.1) is 18.9 Å². The van der Waals surface area contributed by atoms with Gasteiger partial charge in [0.2, 0.25) is 5.82 Å². The SMILES string of the molecule is O=C(c1ncccn1)N1CCC2(CC1)CO[C@@H](COc1cccnc1)C2. The normalized spacial score (nSPS) is 21.7. The first kappa shape index (κ1) is 16.9. The lowest BCUT2D eigenvalue weighted by Gasteiger charge is -2.38. The van der Waals surface area contributed by atoms with Crippen molar-refractivity contribution in [1.82, 2.24) is 19.9 Å². The molecule has 2 aliphatic heterocycles. The van der Waals surface area contributed by atoms with Crippen LogP contribution >= 0.6 is 0 Å². The Kier molecular flexibility index (Phi) is 4.79. The minimum absolute atomic E-state index is 0.0872. The van der Waals surface area contributed by atoms with Gasteiger partial charge in [-0.2, -0.15) is 0 Å². The highest BCUT2D eigenvalue weighted by Gasteiger charge is 2.43. The number of ether oxygens (including phenoxy) is 2. The number of nitrogens with zero attached hydrogens (tertiary/aromatic N) is 4. The van der Waals surface area contributed by atoms with Gasteiger partial charge in [-0.1, -0.05) is 0 Å². The fraction of sp³-hybridized carbons (Fsp3) is 0.474. The number of likely N-dealkylation sites (tertiary alicyclic amines) is 1. The van der Waals surface area contributed by atoms with Crippen LogP contribution in [-0.2, 0) is 4.74 Å². The summed E-state index contributed by atoms with van der Waals surface area (Å²) in [4.78, 5) is 26.5. The van der Waals surface area contributed by atoms with E-state index in [1.165, 1.54) is 0 Å². The predicted molar refractivity (Wildman–Crippen MR) is 93.7 cm³/mol. The van der Waals surface area contributed by atoms with E-state index in [1.807, 2.05) is 17.0 Å². The molecule has 26 heavy (non-hydrogen) atoms. The third kappa shape index (κ3) is 3.67. The molecule has 1 atom stereocenters. The van der Waals surface area contributed by atoms with E-state index < -0.39 is 0 Å². The Balaban J connectivity index is 1.28. The summed E-state index contributed by atoms with van der Waals surface area (Å²) >= 11 is 0. The minimum atomic E-state index is -0.0872. The second kappa shape index (κ2) is 7.37. The zero-order valence-corrected chi connectivity index (χ0v) is 14.6. The van der Waals surface area contributed by atoms with Gasteiger partial charge in [-0.15, -0.1) is 0 Å². The van der Waals surface area contributed by atoms with Crippen LogP contribution in [-0.4, -0.2) is 58.2 Å². The van der Waals surface area contributed by atoms with Crippen molar-refractivity contribution < 1.29 is 14.3 Å². The van der Waals surface area contributed by atoms with Crippen molar-refractivity contribution in [2.45, 2.75) is 25.4 Å². The fourth-order valence-corrected chi connectivity index (χ4v) is 3.71. The molecule has 7 heteroatoms. The summed E-state index contributed by atoms with van der Waals surface area (Å²) in [5.74, 6) is 0.949. The van der Waals surface area contributed by atoms with Crippen LogP contribution in [0.25, 0.3) is 0 Å². The highest BCUT2D eigenvalue weighted by atomic mass is 16.5. The Hall–Kier alpha value is -2.54. The lowest BCUT2D eigenvalue weighted by atomic mass is 9.76. The largest absolute Gasteiger partial charge is 0.489 e. The molecule has 4 rings (SSSR count). The minimum Gasteiger partial charge on any atom is -0.489 e. The molecule has 2 aromatic heterocycles. The van der Waals surface area contributed by atoms with E-state index in [1.54, 1.807) is 30.9 Å². The molecule has 4 heterocycles. The Morgan fingerprint density at radius 1 is 1.23 bits per heavy atom. The molecule has 1 spiro atoms. The number of carbonyl (C=O) groups is 1. The molecule has 136 valence electrons. The third-order valence-corrected chi connectivity index (χ3v) is 5.22. The summed E-state index contributed by atoms with van der Waals surface area (Å²) in [5.41, 5.74) is 0.150. The maximum Gasteiger partial charge on any atom is 0.291 e. The van der Waals surface area contributed by atoms with E-state index in [4.69, 9.17) is 9.47 Å². The van der Waals surface area contributed by atoms with Crippen LogP contribution in [0.2, 0.25) is 0 Å². The van der Waals surface area contributed by atoms with Gasteiger partial charge in [0.1, 0.15) is 12.4 Å². The van der Waals surface area contributed by atoms with E-state index in [0.717, 1.165) is 44.7 Å². The summed E-state index contributed by atoms with van der Waals surface area (Å²) in [6.07, 6.45) is 9.58. The van der Waals surface area contributed by atoms with Gasteiger partial charge in [-0.3, -0.25) is 9.78 Å². The molecule has 0 radical (unpaired) electrons. The van der Waals surface area contributed by atoms with Gasteiger partial charge in [-0.05, 0) is 42.9 Å². The monoisotopic (exact) mass is 354 g/mol. The topological polar surface area (TPSA) is 77.4 Å².